The Morgan fingerprint density at radius 2 is 2.00 bits per heavy atom. The monoisotopic (exact) mass is 354 g/mol. The summed E-state index contributed by atoms with van der Waals surface area (Å²) in [7, 11) is 4.12. The molecule has 26 heavy (non-hydrogen) atoms. The second-order valence-electron chi connectivity index (χ2n) is 7.25. The number of benzene rings is 1. The number of nitrogens with zero attached hydrogens (tertiary/aromatic N) is 4. The van der Waals surface area contributed by atoms with Gasteiger partial charge >= 0.3 is 0 Å². The van der Waals surface area contributed by atoms with E-state index in [1.54, 1.807) is 0 Å². The Labute approximate surface area is 154 Å². The highest BCUT2D eigenvalue weighted by Gasteiger charge is 2.28. The molecule has 1 atom stereocenters. The van der Waals surface area contributed by atoms with Crippen LogP contribution in [0.4, 0.5) is 0 Å². The van der Waals surface area contributed by atoms with E-state index in [2.05, 4.69) is 41.0 Å². The summed E-state index contributed by atoms with van der Waals surface area (Å²) in [6.07, 6.45) is 4.17. The van der Waals surface area contributed by atoms with E-state index < -0.39 is 0 Å². The maximum absolute atomic E-state index is 5.72. The van der Waals surface area contributed by atoms with Gasteiger partial charge in [0.2, 0.25) is 0 Å². The minimum absolute atomic E-state index is 0.283. The lowest BCUT2D eigenvalue weighted by Gasteiger charge is -2.25. The molecule has 0 spiro atoms. The Kier molecular flexibility index (Phi) is 5.04. The fourth-order valence-corrected chi connectivity index (χ4v) is 3.71. The lowest BCUT2D eigenvalue weighted by molar-refractivity contribution is 0.170. The highest BCUT2D eigenvalue weighted by Crippen LogP contribution is 2.34. The third-order valence-electron chi connectivity index (χ3n) is 4.86. The average molecular weight is 354 g/mol. The van der Waals surface area contributed by atoms with Crippen molar-refractivity contribution in [3.63, 3.8) is 0 Å². The van der Waals surface area contributed by atoms with Crippen molar-refractivity contribution in [2.24, 2.45) is 0 Å². The van der Waals surface area contributed by atoms with Gasteiger partial charge in [0.15, 0.2) is 11.5 Å². The molecule has 0 saturated carbocycles. The number of aromatic nitrogens is 2. The van der Waals surface area contributed by atoms with E-state index >= 15 is 0 Å². The number of hydrogen-bond acceptors (Lipinski definition) is 6. The summed E-state index contributed by atoms with van der Waals surface area (Å²) in [5.41, 5.74) is 2.32. The Hall–Kier alpha value is -2.18. The molecule has 138 valence electrons. The predicted octanol–water partition coefficient (Wildman–Crippen LogP) is 2.65. The van der Waals surface area contributed by atoms with Crippen LogP contribution in [-0.2, 0) is 13.1 Å². The van der Waals surface area contributed by atoms with Crippen LogP contribution in [0.3, 0.4) is 0 Å². The number of fused-ring (bicyclic) bond motifs is 1. The Bertz CT molecular complexity index is 765. The number of rotatable bonds is 5. The molecule has 1 aromatic carbocycles. The van der Waals surface area contributed by atoms with Crippen molar-refractivity contribution in [3.8, 4) is 11.5 Å². The molecule has 0 amide bonds. The third kappa shape index (κ3) is 3.81. The normalized spacial score (nSPS) is 19.9. The van der Waals surface area contributed by atoms with Crippen LogP contribution in [0.25, 0.3) is 0 Å². The van der Waals surface area contributed by atoms with E-state index in [0.29, 0.717) is 13.2 Å². The zero-order valence-corrected chi connectivity index (χ0v) is 15.5. The van der Waals surface area contributed by atoms with E-state index in [4.69, 9.17) is 14.5 Å². The SMILES string of the molecule is CN(C)Cc1ccnc([C@H]2CCCN2Cc2ccc3c(c2)OCCO3)n1. The van der Waals surface area contributed by atoms with Gasteiger partial charge in [-0.05, 0) is 57.2 Å². The van der Waals surface area contributed by atoms with Crippen molar-refractivity contribution >= 4 is 0 Å². The summed E-state index contributed by atoms with van der Waals surface area (Å²) in [6.45, 7) is 4.03. The summed E-state index contributed by atoms with van der Waals surface area (Å²) in [4.78, 5) is 14.0. The Balaban J connectivity index is 1.50. The summed E-state index contributed by atoms with van der Waals surface area (Å²) in [5, 5.41) is 0. The highest BCUT2D eigenvalue weighted by molar-refractivity contribution is 5.43. The van der Waals surface area contributed by atoms with Crippen molar-refractivity contribution in [3.05, 3.63) is 47.5 Å². The van der Waals surface area contributed by atoms with Crippen LogP contribution in [-0.4, -0.2) is 53.6 Å². The molecule has 0 unspecified atom stereocenters. The molecule has 2 aliphatic rings. The first-order chi connectivity index (χ1) is 12.7. The first-order valence-electron chi connectivity index (χ1n) is 9.28. The minimum atomic E-state index is 0.283. The number of ether oxygens (including phenoxy) is 2. The summed E-state index contributed by atoms with van der Waals surface area (Å²) < 4.78 is 11.3. The Morgan fingerprint density at radius 3 is 2.85 bits per heavy atom. The number of hydrogen-bond donors (Lipinski definition) is 0. The van der Waals surface area contributed by atoms with Crippen LogP contribution < -0.4 is 9.47 Å². The van der Waals surface area contributed by atoms with E-state index in [0.717, 1.165) is 49.1 Å². The van der Waals surface area contributed by atoms with Gasteiger partial charge in [0.05, 0.1) is 11.7 Å². The van der Waals surface area contributed by atoms with Crippen LogP contribution in [0, 0.1) is 0 Å². The lowest BCUT2D eigenvalue weighted by atomic mass is 10.1. The van der Waals surface area contributed by atoms with Crippen LogP contribution in [0.15, 0.2) is 30.5 Å². The molecule has 2 aliphatic heterocycles. The molecule has 0 N–H and O–H groups in total. The maximum Gasteiger partial charge on any atom is 0.161 e. The second-order valence-corrected chi connectivity index (χ2v) is 7.25. The fraction of sp³-hybridized carbons (Fsp3) is 0.500. The predicted molar refractivity (Wildman–Crippen MR) is 99.2 cm³/mol. The summed E-state index contributed by atoms with van der Waals surface area (Å²) >= 11 is 0. The van der Waals surface area contributed by atoms with E-state index in [9.17, 15) is 0 Å². The first-order valence-corrected chi connectivity index (χ1v) is 9.28. The zero-order valence-electron chi connectivity index (χ0n) is 15.5. The molecule has 6 nitrogen and oxygen atoms in total. The van der Waals surface area contributed by atoms with Gasteiger partial charge in [-0.2, -0.15) is 0 Å². The van der Waals surface area contributed by atoms with Crippen molar-refractivity contribution in [2.75, 3.05) is 33.9 Å². The molecule has 2 aromatic rings. The van der Waals surface area contributed by atoms with Gasteiger partial charge in [-0.1, -0.05) is 6.07 Å². The molecule has 1 aromatic heterocycles. The minimum Gasteiger partial charge on any atom is -0.486 e. The lowest BCUT2D eigenvalue weighted by Crippen LogP contribution is -2.25. The molecular weight excluding hydrogens is 328 g/mol. The van der Waals surface area contributed by atoms with Crippen molar-refractivity contribution < 1.29 is 9.47 Å². The quantitative estimate of drug-likeness (QED) is 0.823. The highest BCUT2D eigenvalue weighted by atomic mass is 16.6. The average Bonchev–Trinajstić information content (AvgIpc) is 3.09. The molecule has 4 rings (SSSR count). The van der Waals surface area contributed by atoms with E-state index in [1.807, 2.05) is 18.3 Å². The van der Waals surface area contributed by atoms with Gasteiger partial charge in [0, 0.05) is 19.3 Å². The topological polar surface area (TPSA) is 50.7 Å². The zero-order chi connectivity index (χ0) is 17.9. The van der Waals surface area contributed by atoms with Crippen molar-refractivity contribution in [1.82, 2.24) is 19.8 Å². The maximum atomic E-state index is 5.72. The third-order valence-corrected chi connectivity index (χ3v) is 4.86. The van der Waals surface area contributed by atoms with E-state index in [1.165, 1.54) is 12.0 Å². The van der Waals surface area contributed by atoms with Crippen molar-refractivity contribution in [1.29, 1.82) is 0 Å². The molecule has 1 fully saturated rings. The molecule has 6 heteroatoms. The van der Waals surface area contributed by atoms with Gasteiger partial charge in [0.25, 0.3) is 0 Å². The van der Waals surface area contributed by atoms with Crippen LogP contribution in [0.5, 0.6) is 11.5 Å². The molecular formula is C20H26N4O2. The second kappa shape index (κ2) is 7.60. The number of likely N-dealkylation sites (tertiary alicyclic amines) is 1. The van der Waals surface area contributed by atoms with Gasteiger partial charge in [-0.15, -0.1) is 0 Å². The summed E-state index contributed by atoms with van der Waals surface area (Å²) in [6, 6.07) is 8.54. The molecule has 0 aliphatic carbocycles. The van der Waals surface area contributed by atoms with Gasteiger partial charge < -0.3 is 14.4 Å². The summed E-state index contributed by atoms with van der Waals surface area (Å²) in [5.74, 6) is 2.64. The molecule has 0 radical (unpaired) electrons. The standard InChI is InChI=1S/C20H26N4O2/c1-23(2)14-16-7-8-21-20(22-16)17-4-3-9-24(17)13-15-5-6-18-19(12-15)26-11-10-25-18/h5-8,12,17H,3-4,9-11,13-14H2,1-2H3/t17-/m1/s1. The van der Waals surface area contributed by atoms with Gasteiger partial charge in [-0.25, -0.2) is 9.97 Å². The van der Waals surface area contributed by atoms with Crippen LogP contribution in [0.1, 0.15) is 36.0 Å². The first kappa shape index (κ1) is 17.2. The fourth-order valence-electron chi connectivity index (χ4n) is 3.71. The van der Waals surface area contributed by atoms with Crippen molar-refractivity contribution in [2.45, 2.75) is 32.0 Å². The molecule has 1 saturated heterocycles. The van der Waals surface area contributed by atoms with E-state index in [-0.39, 0.29) is 6.04 Å². The van der Waals surface area contributed by atoms with Crippen LogP contribution in [0.2, 0.25) is 0 Å². The molecule has 3 heterocycles. The van der Waals surface area contributed by atoms with Crippen LogP contribution >= 0.6 is 0 Å². The van der Waals surface area contributed by atoms with Gasteiger partial charge in [-0.3, -0.25) is 4.90 Å². The molecule has 0 bridgehead atoms. The Morgan fingerprint density at radius 1 is 1.15 bits per heavy atom. The van der Waals surface area contributed by atoms with Gasteiger partial charge in [0.1, 0.15) is 19.0 Å². The smallest absolute Gasteiger partial charge is 0.161 e. The largest absolute Gasteiger partial charge is 0.486 e.